The van der Waals surface area contributed by atoms with Crippen LogP contribution < -0.4 is 4.90 Å². The Labute approximate surface area is 169 Å². The summed E-state index contributed by atoms with van der Waals surface area (Å²) in [7, 11) is -4.85. The summed E-state index contributed by atoms with van der Waals surface area (Å²) in [4.78, 5) is 3.81. The van der Waals surface area contributed by atoms with Gasteiger partial charge >= 0.3 is 5.51 Å². The summed E-state index contributed by atoms with van der Waals surface area (Å²) in [6.07, 6.45) is 0. The van der Waals surface area contributed by atoms with Crippen LogP contribution in [0, 0.1) is 16.6 Å². The molecule has 0 aromatic heterocycles. The van der Waals surface area contributed by atoms with Crippen LogP contribution in [0.15, 0.2) is 59.5 Å². The lowest BCUT2D eigenvalue weighted by Gasteiger charge is -2.40. The zero-order valence-corrected chi connectivity index (χ0v) is 16.8. The molecule has 1 fully saturated rings. The number of hydrogen-bond donors (Lipinski definition) is 1. The molecule has 2 aromatic rings. The van der Waals surface area contributed by atoms with Crippen molar-refractivity contribution in [1.82, 2.24) is 4.90 Å². The van der Waals surface area contributed by atoms with E-state index in [9.17, 15) is 17.4 Å². The first kappa shape index (κ1) is 21.2. The molecule has 29 heavy (non-hydrogen) atoms. The topological polar surface area (TPSA) is 47.4 Å². The Morgan fingerprint density at radius 2 is 1.76 bits per heavy atom. The summed E-state index contributed by atoms with van der Waals surface area (Å²) in [5.41, 5.74) is -3.17. The highest BCUT2D eigenvalue weighted by Gasteiger charge is 2.43. The average molecular weight is 421 g/mol. The summed E-state index contributed by atoms with van der Waals surface area (Å²) in [6.45, 7) is 4.73. The van der Waals surface area contributed by atoms with Crippen molar-refractivity contribution in [2.75, 3.05) is 24.5 Å². The first-order chi connectivity index (χ1) is 13.7. The molecule has 1 N–H and O–H groups in total. The van der Waals surface area contributed by atoms with Crippen LogP contribution in [0.4, 0.5) is 18.9 Å². The van der Waals surface area contributed by atoms with E-state index in [0.717, 1.165) is 25.2 Å². The molecule has 2 unspecified atom stereocenters. The number of nitrogens with one attached hydrogen (secondary N) is 1. The summed E-state index contributed by atoms with van der Waals surface area (Å²) in [5.74, 6) is 6.11. The second-order valence-electron chi connectivity index (χ2n) is 6.82. The third-order valence-corrected chi connectivity index (χ3v) is 6.44. The van der Waals surface area contributed by atoms with Crippen molar-refractivity contribution in [2.45, 2.75) is 29.9 Å². The van der Waals surface area contributed by atoms with Gasteiger partial charge in [0.1, 0.15) is 6.04 Å². The van der Waals surface area contributed by atoms with Gasteiger partial charge in [0.05, 0.1) is 4.90 Å². The zero-order chi connectivity index (χ0) is 21.1. The molecule has 1 saturated heterocycles. The summed E-state index contributed by atoms with van der Waals surface area (Å²) in [5, 5.41) is 0. The first-order valence-corrected chi connectivity index (χ1v) is 10.7. The van der Waals surface area contributed by atoms with Gasteiger partial charge in [0, 0.05) is 31.9 Å². The SMILES string of the molecule is CC#CC1CN(Cc2ccccc2)CCN1c1ccc(S(=N)(=O)C(F)(F)F)cc1. The van der Waals surface area contributed by atoms with Crippen LogP contribution >= 0.6 is 0 Å². The standard InChI is InChI=1S/C21H22F3N3OS/c1-2-6-19-16-26(15-17-7-4-3-5-8-17)13-14-27(19)18-9-11-20(12-10-18)29(25,28)21(22,23)24/h3-5,7-12,19,25H,13-16H2,1H3. The predicted octanol–water partition coefficient (Wildman–Crippen LogP) is 4.33. The third kappa shape index (κ3) is 4.74. The molecule has 3 rings (SSSR count). The fraction of sp³-hybridized carbons (Fsp3) is 0.333. The van der Waals surface area contributed by atoms with Crippen molar-refractivity contribution < 1.29 is 17.4 Å². The predicted molar refractivity (Wildman–Crippen MR) is 108 cm³/mol. The molecular formula is C21H22F3N3OS. The minimum Gasteiger partial charge on any atom is -0.355 e. The molecule has 2 atom stereocenters. The number of hydrogen-bond acceptors (Lipinski definition) is 4. The Hall–Kier alpha value is -2.50. The van der Waals surface area contributed by atoms with E-state index in [1.54, 1.807) is 6.92 Å². The van der Waals surface area contributed by atoms with Gasteiger partial charge in [-0.3, -0.25) is 4.90 Å². The van der Waals surface area contributed by atoms with E-state index in [4.69, 9.17) is 4.78 Å². The zero-order valence-electron chi connectivity index (χ0n) is 15.9. The quantitative estimate of drug-likeness (QED) is 0.748. The van der Waals surface area contributed by atoms with Crippen molar-refractivity contribution in [1.29, 1.82) is 4.78 Å². The maximum Gasteiger partial charge on any atom is 0.483 e. The van der Waals surface area contributed by atoms with Gasteiger partial charge in [-0.25, -0.2) is 8.99 Å². The molecule has 0 spiro atoms. The second kappa shape index (κ2) is 8.47. The summed E-state index contributed by atoms with van der Waals surface area (Å²) >= 11 is 0. The monoisotopic (exact) mass is 421 g/mol. The molecule has 0 bridgehead atoms. The first-order valence-electron chi connectivity index (χ1n) is 9.13. The summed E-state index contributed by atoms with van der Waals surface area (Å²) in [6, 6.07) is 15.3. The Bertz CT molecular complexity index is 993. The van der Waals surface area contributed by atoms with E-state index in [1.807, 2.05) is 23.1 Å². The molecule has 1 aliphatic rings. The van der Waals surface area contributed by atoms with E-state index in [1.165, 1.54) is 17.7 Å². The number of rotatable bonds is 4. The van der Waals surface area contributed by atoms with Gasteiger partial charge < -0.3 is 4.90 Å². The van der Waals surface area contributed by atoms with Crippen LogP contribution in [0.1, 0.15) is 12.5 Å². The van der Waals surface area contributed by atoms with Gasteiger partial charge in [-0.2, -0.15) is 13.2 Å². The fourth-order valence-corrected chi connectivity index (χ4v) is 4.17. The van der Waals surface area contributed by atoms with Crippen LogP contribution in [-0.4, -0.2) is 40.3 Å². The highest BCUT2D eigenvalue weighted by Crippen LogP contribution is 2.32. The highest BCUT2D eigenvalue weighted by molar-refractivity contribution is 7.93. The summed E-state index contributed by atoms with van der Waals surface area (Å²) < 4.78 is 57.6. The maximum absolute atomic E-state index is 12.9. The fourth-order valence-electron chi connectivity index (χ4n) is 3.39. The molecule has 1 aliphatic heterocycles. The second-order valence-corrected chi connectivity index (χ2v) is 8.87. The molecule has 0 radical (unpaired) electrons. The average Bonchev–Trinajstić information content (AvgIpc) is 2.69. The van der Waals surface area contributed by atoms with Gasteiger partial charge in [0.2, 0.25) is 0 Å². The van der Waals surface area contributed by atoms with E-state index in [0.29, 0.717) is 18.8 Å². The van der Waals surface area contributed by atoms with Crippen LogP contribution in [0.3, 0.4) is 0 Å². The van der Waals surface area contributed by atoms with Crippen molar-refractivity contribution >= 4 is 15.4 Å². The lowest BCUT2D eigenvalue weighted by molar-refractivity contribution is -0.0406. The van der Waals surface area contributed by atoms with Crippen molar-refractivity contribution in [3.05, 3.63) is 60.2 Å². The number of piperazine rings is 1. The molecule has 8 heteroatoms. The van der Waals surface area contributed by atoms with E-state index < -0.39 is 20.1 Å². The number of alkyl halides is 3. The number of benzene rings is 2. The van der Waals surface area contributed by atoms with Gasteiger partial charge in [0.15, 0.2) is 9.73 Å². The number of anilines is 1. The van der Waals surface area contributed by atoms with Crippen LogP contribution in [-0.2, 0) is 16.3 Å². The smallest absolute Gasteiger partial charge is 0.355 e. The Balaban J connectivity index is 1.77. The van der Waals surface area contributed by atoms with Crippen LogP contribution in [0.25, 0.3) is 0 Å². The molecule has 0 amide bonds. The van der Waals surface area contributed by atoms with Crippen molar-refractivity contribution in [3.63, 3.8) is 0 Å². The molecule has 1 heterocycles. The Morgan fingerprint density at radius 1 is 1.10 bits per heavy atom. The molecule has 0 saturated carbocycles. The largest absolute Gasteiger partial charge is 0.483 e. The Kier molecular flexibility index (Phi) is 6.20. The molecule has 2 aromatic carbocycles. The van der Waals surface area contributed by atoms with E-state index in [2.05, 4.69) is 28.9 Å². The van der Waals surface area contributed by atoms with Crippen molar-refractivity contribution in [2.24, 2.45) is 0 Å². The van der Waals surface area contributed by atoms with Gasteiger partial charge in [-0.15, -0.1) is 5.92 Å². The van der Waals surface area contributed by atoms with Crippen LogP contribution in [0.5, 0.6) is 0 Å². The lowest BCUT2D eigenvalue weighted by Crippen LogP contribution is -2.52. The molecular weight excluding hydrogens is 399 g/mol. The lowest BCUT2D eigenvalue weighted by atomic mass is 10.1. The number of nitrogens with zero attached hydrogens (tertiary/aromatic N) is 2. The van der Waals surface area contributed by atoms with Gasteiger partial charge in [-0.1, -0.05) is 36.3 Å². The van der Waals surface area contributed by atoms with E-state index >= 15 is 0 Å². The number of halogens is 3. The van der Waals surface area contributed by atoms with Crippen LogP contribution in [0.2, 0.25) is 0 Å². The highest BCUT2D eigenvalue weighted by atomic mass is 32.2. The minimum absolute atomic E-state index is 0.105. The third-order valence-electron chi connectivity index (χ3n) is 4.85. The normalized spacial score (nSPS) is 19.9. The van der Waals surface area contributed by atoms with Crippen molar-refractivity contribution in [3.8, 4) is 11.8 Å². The molecule has 154 valence electrons. The molecule has 4 nitrogen and oxygen atoms in total. The van der Waals surface area contributed by atoms with Gasteiger partial charge in [0.25, 0.3) is 0 Å². The minimum atomic E-state index is -5.09. The Morgan fingerprint density at radius 3 is 2.34 bits per heavy atom. The molecule has 0 aliphatic carbocycles. The van der Waals surface area contributed by atoms with E-state index in [-0.39, 0.29) is 6.04 Å². The van der Waals surface area contributed by atoms with Gasteiger partial charge in [-0.05, 0) is 36.8 Å². The maximum atomic E-state index is 12.9.